The number of carbonyl (C=O) groups is 1. The second-order valence-electron chi connectivity index (χ2n) is 7.62. The first-order valence-electron chi connectivity index (χ1n) is 10.8. The lowest BCUT2D eigenvalue weighted by Crippen LogP contribution is -2.12. The number of hydrogen-bond donors (Lipinski definition) is 3. The largest absolute Gasteiger partial charge is 0.454 e. The molecular weight excluding hydrogens is 491 g/mol. The number of H-pyrrole nitrogens is 1. The number of benzene rings is 2. The monoisotopic (exact) mass is 509 g/mol. The van der Waals surface area contributed by atoms with E-state index in [2.05, 4.69) is 30.3 Å². The Labute approximate surface area is 206 Å². The highest BCUT2D eigenvalue weighted by atomic mass is 19.3. The summed E-state index contributed by atoms with van der Waals surface area (Å²) >= 11 is 0. The normalized spacial score (nSPS) is 11.2. The Hall–Kier alpha value is -4.91. The molecule has 0 fully saturated rings. The highest BCUT2D eigenvalue weighted by molar-refractivity contribution is 6.09. The second-order valence-corrected chi connectivity index (χ2v) is 7.62. The predicted octanol–water partition coefficient (Wildman–Crippen LogP) is 4.36. The van der Waals surface area contributed by atoms with Crippen molar-refractivity contribution in [1.29, 1.82) is 0 Å². The minimum atomic E-state index is -3.13. The fourth-order valence-corrected chi connectivity index (χ4v) is 3.64. The number of anilines is 1. The predicted molar refractivity (Wildman–Crippen MR) is 126 cm³/mol. The van der Waals surface area contributed by atoms with Crippen LogP contribution in [0, 0.1) is 5.82 Å². The number of amides is 1. The van der Waals surface area contributed by atoms with E-state index in [1.54, 1.807) is 18.3 Å². The number of hydrogen-bond acceptors (Lipinski definition) is 7. The van der Waals surface area contributed by atoms with Gasteiger partial charge in [-0.05, 0) is 30.3 Å². The molecule has 0 aliphatic carbocycles. The summed E-state index contributed by atoms with van der Waals surface area (Å²) in [6.45, 7) is -3.17. The molecule has 0 unspecified atom stereocenters. The minimum Gasteiger partial charge on any atom is -0.454 e. The Morgan fingerprint density at radius 3 is 2.86 bits per heavy atom. The summed E-state index contributed by atoms with van der Waals surface area (Å²) in [5.41, 5.74) is 6.60. The van der Waals surface area contributed by atoms with Gasteiger partial charge in [-0.25, -0.2) is 13.9 Å². The quantitative estimate of drug-likeness (QED) is 0.283. The van der Waals surface area contributed by atoms with Gasteiger partial charge >= 0.3 is 6.61 Å². The molecule has 5 aromatic rings. The van der Waals surface area contributed by atoms with Gasteiger partial charge in [-0.15, -0.1) is 0 Å². The number of nitrogens with zero attached hydrogens (tertiary/aromatic N) is 4. The molecule has 3 aromatic heterocycles. The van der Waals surface area contributed by atoms with E-state index in [0.29, 0.717) is 5.65 Å². The third kappa shape index (κ3) is 4.79. The molecule has 0 aliphatic heterocycles. The molecule has 0 aliphatic rings. The SMILES string of the molecule is NCc1cccc(Oc2ccc(OC(F)F)c(-c3n[nH]cc3NC(=O)c3cnn4cccnc34)c2)c1F. The van der Waals surface area contributed by atoms with Crippen molar-refractivity contribution in [2.24, 2.45) is 5.73 Å². The first-order chi connectivity index (χ1) is 17.9. The molecule has 4 N–H and O–H groups in total. The summed E-state index contributed by atoms with van der Waals surface area (Å²) < 4.78 is 52.7. The molecule has 13 heteroatoms. The van der Waals surface area contributed by atoms with Crippen molar-refractivity contribution >= 4 is 17.2 Å². The maximum absolute atomic E-state index is 14.6. The standard InChI is InChI=1S/C24H18F3N7O3/c25-20-13(10-28)3-1-4-19(20)36-14-5-6-18(37-24(26)27)15(9-14)21-17(12-30-33-21)32-23(35)16-11-31-34-8-2-7-29-22(16)34/h1-9,11-12,24H,10,28H2,(H,30,33)(H,32,35). The van der Waals surface area contributed by atoms with Crippen LogP contribution >= 0.6 is 0 Å². The molecule has 37 heavy (non-hydrogen) atoms. The number of aromatic amines is 1. The average molecular weight is 509 g/mol. The van der Waals surface area contributed by atoms with E-state index in [9.17, 15) is 18.0 Å². The Bertz CT molecular complexity index is 1590. The lowest BCUT2D eigenvalue weighted by atomic mass is 10.1. The number of fused-ring (bicyclic) bond motifs is 1. The van der Waals surface area contributed by atoms with Gasteiger partial charge in [-0.1, -0.05) is 12.1 Å². The first-order valence-corrected chi connectivity index (χ1v) is 10.8. The smallest absolute Gasteiger partial charge is 0.387 e. The van der Waals surface area contributed by atoms with E-state index in [1.807, 2.05) is 0 Å². The molecule has 0 saturated heterocycles. The van der Waals surface area contributed by atoms with Crippen LogP contribution in [0.5, 0.6) is 17.2 Å². The van der Waals surface area contributed by atoms with Crippen molar-refractivity contribution in [3.8, 4) is 28.5 Å². The highest BCUT2D eigenvalue weighted by Gasteiger charge is 2.21. The lowest BCUT2D eigenvalue weighted by molar-refractivity contribution is -0.0494. The maximum Gasteiger partial charge on any atom is 0.387 e. The summed E-state index contributed by atoms with van der Waals surface area (Å²) in [5.74, 6) is -1.43. The van der Waals surface area contributed by atoms with Crippen LogP contribution in [0.4, 0.5) is 18.9 Å². The van der Waals surface area contributed by atoms with Crippen molar-refractivity contribution in [2.45, 2.75) is 13.2 Å². The molecule has 5 rings (SSSR count). The van der Waals surface area contributed by atoms with E-state index in [1.165, 1.54) is 53.4 Å². The fraction of sp³-hybridized carbons (Fsp3) is 0.0833. The van der Waals surface area contributed by atoms with Gasteiger partial charge in [0.2, 0.25) is 0 Å². The average Bonchev–Trinajstić information content (AvgIpc) is 3.53. The van der Waals surface area contributed by atoms with E-state index < -0.39 is 18.3 Å². The molecule has 3 heterocycles. The van der Waals surface area contributed by atoms with Crippen molar-refractivity contribution in [2.75, 3.05) is 5.32 Å². The molecule has 10 nitrogen and oxygen atoms in total. The lowest BCUT2D eigenvalue weighted by Gasteiger charge is -2.14. The van der Waals surface area contributed by atoms with Crippen LogP contribution in [0.3, 0.4) is 0 Å². The third-order valence-electron chi connectivity index (χ3n) is 5.33. The van der Waals surface area contributed by atoms with Crippen LogP contribution in [0.25, 0.3) is 16.9 Å². The van der Waals surface area contributed by atoms with Crippen molar-refractivity contribution in [3.05, 3.63) is 84.2 Å². The minimum absolute atomic E-state index is 0.0337. The molecule has 188 valence electrons. The topological polar surface area (TPSA) is 132 Å². The molecule has 0 radical (unpaired) electrons. The molecule has 0 atom stereocenters. The summed E-state index contributed by atoms with van der Waals surface area (Å²) in [6, 6.07) is 10.1. The van der Waals surface area contributed by atoms with Gasteiger partial charge in [-0.2, -0.15) is 19.0 Å². The van der Waals surface area contributed by atoms with E-state index in [0.717, 1.165) is 0 Å². The highest BCUT2D eigenvalue weighted by Crippen LogP contribution is 2.39. The second kappa shape index (κ2) is 9.99. The van der Waals surface area contributed by atoms with Gasteiger partial charge in [0.05, 0.1) is 17.4 Å². The zero-order chi connectivity index (χ0) is 25.9. The number of ether oxygens (including phenoxy) is 2. The molecule has 0 bridgehead atoms. The Morgan fingerprint density at radius 2 is 2.05 bits per heavy atom. The molecule has 1 amide bonds. The van der Waals surface area contributed by atoms with E-state index in [4.69, 9.17) is 10.5 Å². The van der Waals surface area contributed by atoms with Gasteiger partial charge < -0.3 is 20.5 Å². The van der Waals surface area contributed by atoms with Gasteiger partial charge in [0.15, 0.2) is 17.2 Å². The van der Waals surface area contributed by atoms with Gasteiger partial charge in [0.25, 0.3) is 5.91 Å². The van der Waals surface area contributed by atoms with Gasteiger partial charge in [-0.3, -0.25) is 9.89 Å². The Morgan fingerprint density at radius 1 is 1.19 bits per heavy atom. The van der Waals surface area contributed by atoms with Gasteiger partial charge in [0, 0.05) is 30.7 Å². The van der Waals surface area contributed by atoms with Crippen LogP contribution in [-0.4, -0.2) is 37.3 Å². The van der Waals surface area contributed by atoms with Crippen molar-refractivity contribution < 1.29 is 27.4 Å². The maximum atomic E-state index is 14.6. The number of nitrogens with one attached hydrogen (secondary N) is 2. The zero-order valence-corrected chi connectivity index (χ0v) is 18.9. The molecule has 2 aromatic carbocycles. The number of nitrogens with two attached hydrogens (primary N) is 1. The number of carbonyl (C=O) groups excluding carboxylic acids is 1. The Balaban J connectivity index is 1.50. The summed E-state index contributed by atoms with van der Waals surface area (Å²) in [5, 5.41) is 13.4. The third-order valence-corrected chi connectivity index (χ3v) is 5.33. The van der Waals surface area contributed by atoms with Crippen LogP contribution in [0.2, 0.25) is 0 Å². The molecular formula is C24H18F3N7O3. The Kier molecular flexibility index (Phi) is 6.43. The number of halogens is 3. The van der Waals surface area contributed by atoms with Crippen LogP contribution < -0.4 is 20.5 Å². The number of rotatable bonds is 8. The number of alkyl halides is 2. The van der Waals surface area contributed by atoms with Crippen LogP contribution in [0.1, 0.15) is 15.9 Å². The van der Waals surface area contributed by atoms with Crippen molar-refractivity contribution in [3.63, 3.8) is 0 Å². The first kappa shape index (κ1) is 23.8. The number of aromatic nitrogens is 5. The van der Waals surface area contributed by atoms with Gasteiger partial charge in [0.1, 0.15) is 22.8 Å². The summed E-state index contributed by atoms with van der Waals surface area (Å²) in [4.78, 5) is 17.1. The van der Waals surface area contributed by atoms with E-state index in [-0.39, 0.29) is 51.9 Å². The van der Waals surface area contributed by atoms with Crippen molar-refractivity contribution in [1.82, 2.24) is 24.8 Å². The zero-order valence-electron chi connectivity index (χ0n) is 18.9. The van der Waals surface area contributed by atoms with Crippen LogP contribution in [0.15, 0.2) is 67.3 Å². The van der Waals surface area contributed by atoms with Crippen LogP contribution in [-0.2, 0) is 6.54 Å². The fourth-order valence-electron chi connectivity index (χ4n) is 3.64. The summed E-state index contributed by atoms with van der Waals surface area (Å²) in [7, 11) is 0. The summed E-state index contributed by atoms with van der Waals surface area (Å²) in [6.07, 6.45) is 5.87. The molecule has 0 saturated carbocycles. The molecule has 0 spiro atoms. The van der Waals surface area contributed by atoms with E-state index >= 15 is 0 Å².